The maximum atomic E-state index is 11.5. The molecule has 0 aromatic heterocycles. The highest BCUT2D eigenvalue weighted by atomic mass is 16.5. The molecule has 5 heteroatoms. The summed E-state index contributed by atoms with van der Waals surface area (Å²) in [7, 11) is 1.53. The van der Waals surface area contributed by atoms with Gasteiger partial charge in [0.2, 0.25) is 5.91 Å². The van der Waals surface area contributed by atoms with E-state index in [1.165, 1.54) is 7.11 Å². The minimum absolute atomic E-state index is 0.0836. The molecular weight excluding hydrogens is 208 g/mol. The minimum atomic E-state index is -0.397. The van der Waals surface area contributed by atoms with Gasteiger partial charge in [-0.15, -0.1) is 0 Å². The van der Waals surface area contributed by atoms with Crippen LogP contribution in [0.15, 0.2) is 0 Å². The van der Waals surface area contributed by atoms with Gasteiger partial charge < -0.3 is 14.8 Å². The van der Waals surface area contributed by atoms with Crippen molar-refractivity contribution in [1.29, 1.82) is 0 Å². The Morgan fingerprint density at radius 3 is 3.06 bits per heavy atom. The van der Waals surface area contributed by atoms with E-state index in [1.807, 2.05) is 0 Å². The fourth-order valence-corrected chi connectivity index (χ4v) is 1.66. The van der Waals surface area contributed by atoms with Crippen LogP contribution < -0.4 is 5.32 Å². The van der Waals surface area contributed by atoms with E-state index in [0.717, 1.165) is 26.2 Å². The average molecular weight is 230 g/mol. The largest absolute Gasteiger partial charge is 0.374 e. The molecule has 1 amide bonds. The highest BCUT2D eigenvalue weighted by molar-refractivity contribution is 5.80. The zero-order valence-electron chi connectivity index (χ0n) is 10.4. The van der Waals surface area contributed by atoms with Gasteiger partial charge in [0.05, 0.1) is 12.7 Å². The second kappa shape index (κ2) is 6.83. The molecule has 1 saturated heterocycles. The lowest BCUT2D eigenvalue weighted by atomic mass is 10.2. The van der Waals surface area contributed by atoms with Crippen molar-refractivity contribution in [1.82, 2.24) is 10.2 Å². The van der Waals surface area contributed by atoms with Crippen molar-refractivity contribution in [3.8, 4) is 0 Å². The smallest absolute Gasteiger partial charge is 0.248 e. The predicted molar refractivity (Wildman–Crippen MR) is 61.3 cm³/mol. The van der Waals surface area contributed by atoms with Gasteiger partial charge in [-0.2, -0.15) is 0 Å². The van der Waals surface area contributed by atoms with Crippen molar-refractivity contribution in [3.63, 3.8) is 0 Å². The molecule has 2 unspecified atom stereocenters. The number of methoxy groups -OCH3 is 1. The van der Waals surface area contributed by atoms with Crippen LogP contribution in [0.4, 0.5) is 0 Å². The SMILES string of the molecule is CCN1CCOC(CNC(=O)C(C)OC)C1. The molecular formula is C11H22N2O3. The molecule has 1 heterocycles. The number of hydrogen-bond acceptors (Lipinski definition) is 4. The predicted octanol–water partition coefficient (Wildman–Crippen LogP) is -0.142. The highest BCUT2D eigenvalue weighted by Crippen LogP contribution is 2.03. The van der Waals surface area contributed by atoms with Gasteiger partial charge in [0.15, 0.2) is 0 Å². The third kappa shape index (κ3) is 4.08. The molecule has 0 saturated carbocycles. The van der Waals surface area contributed by atoms with Crippen LogP contribution in [0, 0.1) is 0 Å². The third-order valence-electron chi connectivity index (χ3n) is 2.90. The van der Waals surface area contributed by atoms with E-state index in [-0.39, 0.29) is 12.0 Å². The van der Waals surface area contributed by atoms with Gasteiger partial charge in [-0.1, -0.05) is 6.92 Å². The summed E-state index contributed by atoms with van der Waals surface area (Å²) < 4.78 is 10.5. The van der Waals surface area contributed by atoms with E-state index in [2.05, 4.69) is 17.1 Å². The lowest BCUT2D eigenvalue weighted by Crippen LogP contribution is -2.48. The molecule has 1 aliphatic rings. The van der Waals surface area contributed by atoms with Crippen molar-refractivity contribution in [2.24, 2.45) is 0 Å². The van der Waals surface area contributed by atoms with Crippen molar-refractivity contribution < 1.29 is 14.3 Å². The number of ether oxygens (including phenoxy) is 2. The Labute approximate surface area is 97.1 Å². The quantitative estimate of drug-likeness (QED) is 0.714. The van der Waals surface area contributed by atoms with Gasteiger partial charge in [0.1, 0.15) is 6.10 Å². The number of carbonyl (C=O) groups is 1. The molecule has 1 N–H and O–H groups in total. The standard InChI is InChI=1S/C11H22N2O3/c1-4-13-5-6-16-10(8-13)7-12-11(14)9(2)15-3/h9-10H,4-8H2,1-3H3,(H,12,14). The first-order chi connectivity index (χ1) is 7.67. The van der Waals surface area contributed by atoms with Gasteiger partial charge in [0, 0.05) is 26.7 Å². The molecule has 0 spiro atoms. The van der Waals surface area contributed by atoms with Gasteiger partial charge in [-0.05, 0) is 13.5 Å². The summed E-state index contributed by atoms with van der Waals surface area (Å²) in [6.45, 7) is 8.07. The molecule has 2 atom stereocenters. The summed E-state index contributed by atoms with van der Waals surface area (Å²) >= 11 is 0. The molecule has 1 aliphatic heterocycles. The van der Waals surface area contributed by atoms with Crippen molar-refractivity contribution in [2.45, 2.75) is 26.1 Å². The van der Waals surface area contributed by atoms with E-state index in [1.54, 1.807) is 6.92 Å². The fourth-order valence-electron chi connectivity index (χ4n) is 1.66. The molecule has 5 nitrogen and oxygen atoms in total. The molecule has 0 aromatic carbocycles. The monoisotopic (exact) mass is 230 g/mol. The number of morpholine rings is 1. The van der Waals surface area contributed by atoms with E-state index < -0.39 is 6.10 Å². The normalized spacial score (nSPS) is 24.1. The fraction of sp³-hybridized carbons (Fsp3) is 0.909. The minimum Gasteiger partial charge on any atom is -0.374 e. The maximum absolute atomic E-state index is 11.5. The first kappa shape index (κ1) is 13.4. The number of rotatable bonds is 5. The van der Waals surface area contributed by atoms with Gasteiger partial charge in [-0.25, -0.2) is 0 Å². The first-order valence-electron chi connectivity index (χ1n) is 5.81. The number of hydrogen-bond donors (Lipinski definition) is 1. The van der Waals surface area contributed by atoms with Crippen LogP contribution in [0.1, 0.15) is 13.8 Å². The average Bonchev–Trinajstić information content (AvgIpc) is 2.35. The lowest BCUT2D eigenvalue weighted by Gasteiger charge is -2.32. The van der Waals surface area contributed by atoms with Crippen LogP contribution in [0.5, 0.6) is 0 Å². The molecule has 0 aliphatic carbocycles. The maximum Gasteiger partial charge on any atom is 0.248 e. The lowest BCUT2D eigenvalue weighted by molar-refractivity contribution is -0.131. The van der Waals surface area contributed by atoms with Crippen molar-refractivity contribution >= 4 is 5.91 Å². The van der Waals surface area contributed by atoms with E-state index >= 15 is 0 Å². The third-order valence-corrected chi connectivity index (χ3v) is 2.90. The van der Waals surface area contributed by atoms with Crippen LogP contribution >= 0.6 is 0 Å². The van der Waals surface area contributed by atoms with Crippen molar-refractivity contribution in [3.05, 3.63) is 0 Å². The Bertz CT molecular complexity index is 223. The molecule has 94 valence electrons. The Hall–Kier alpha value is -0.650. The Kier molecular flexibility index (Phi) is 5.73. The topological polar surface area (TPSA) is 50.8 Å². The molecule has 0 radical (unpaired) electrons. The molecule has 0 aromatic rings. The van der Waals surface area contributed by atoms with Crippen LogP contribution in [-0.2, 0) is 14.3 Å². The summed E-state index contributed by atoms with van der Waals surface area (Å²) in [6.07, 6.45) is -0.299. The summed E-state index contributed by atoms with van der Waals surface area (Å²) in [4.78, 5) is 13.8. The summed E-state index contributed by atoms with van der Waals surface area (Å²) in [5, 5.41) is 2.83. The summed E-state index contributed by atoms with van der Waals surface area (Å²) in [5.74, 6) is -0.0836. The van der Waals surface area contributed by atoms with Crippen LogP contribution in [0.2, 0.25) is 0 Å². The van der Waals surface area contributed by atoms with Crippen LogP contribution in [0.3, 0.4) is 0 Å². The van der Waals surface area contributed by atoms with Crippen LogP contribution in [0.25, 0.3) is 0 Å². The Morgan fingerprint density at radius 1 is 1.69 bits per heavy atom. The first-order valence-corrected chi connectivity index (χ1v) is 5.81. The Morgan fingerprint density at radius 2 is 2.44 bits per heavy atom. The molecule has 1 rings (SSSR count). The molecule has 0 bridgehead atoms. The zero-order valence-corrected chi connectivity index (χ0v) is 10.4. The molecule has 16 heavy (non-hydrogen) atoms. The van der Waals surface area contributed by atoms with Crippen LogP contribution in [-0.4, -0.2) is 62.9 Å². The van der Waals surface area contributed by atoms with Gasteiger partial charge in [-0.3, -0.25) is 9.69 Å². The second-order valence-corrected chi connectivity index (χ2v) is 4.01. The van der Waals surface area contributed by atoms with E-state index in [4.69, 9.17) is 9.47 Å². The Balaban J connectivity index is 2.24. The van der Waals surface area contributed by atoms with E-state index in [9.17, 15) is 4.79 Å². The highest BCUT2D eigenvalue weighted by Gasteiger charge is 2.20. The number of nitrogens with one attached hydrogen (secondary N) is 1. The number of amides is 1. The summed E-state index contributed by atoms with van der Waals surface area (Å²) in [6, 6.07) is 0. The van der Waals surface area contributed by atoms with E-state index in [0.29, 0.717) is 6.54 Å². The number of carbonyl (C=O) groups excluding carboxylic acids is 1. The van der Waals surface area contributed by atoms with Gasteiger partial charge in [0.25, 0.3) is 0 Å². The summed E-state index contributed by atoms with van der Waals surface area (Å²) in [5.41, 5.74) is 0. The molecule has 1 fully saturated rings. The number of likely N-dealkylation sites (N-methyl/N-ethyl adjacent to an activating group) is 1. The number of nitrogens with zero attached hydrogens (tertiary/aromatic N) is 1. The van der Waals surface area contributed by atoms with Crippen molar-refractivity contribution in [2.75, 3.05) is 39.9 Å². The van der Waals surface area contributed by atoms with Gasteiger partial charge >= 0.3 is 0 Å². The second-order valence-electron chi connectivity index (χ2n) is 4.01. The zero-order chi connectivity index (χ0) is 12.0.